The van der Waals surface area contributed by atoms with Gasteiger partial charge in [-0.3, -0.25) is 9.36 Å². The highest BCUT2D eigenvalue weighted by Crippen LogP contribution is 2.15. The monoisotopic (exact) mass is 344 g/mol. The standard InChI is InChI=1S/C17H17FN4O3/c1-25-10-9-19-15(23)11-21-14-3-2-8-20-16(14)22(17(21)24)13-6-4-12(18)5-7-13/h2-8H,9-11H2,1H3,(H,19,23). The van der Waals surface area contributed by atoms with Gasteiger partial charge in [-0.05, 0) is 36.4 Å². The zero-order valence-corrected chi connectivity index (χ0v) is 13.6. The number of pyridine rings is 1. The molecule has 0 saturated heterocycles. The molecule has 0 saturated carbocycles. The fraction of sp³-hybridized carbons (Fsp3) is 0.235. The average Bonchev–Trinajstić information content (AvgIpc) is 2.88. The number of halogens is 1. The summed E-state index contributed by atoms with van der Waals surface area (Å²) in [5.74, 6) is -0.702. The van der Waals surface area contributed by atoms with E-state index in [9.17, 15) is 14.0 Å². The van der Waals surface area contributed by atoms with Gasteiger partial charge in [0.1, 0.15) is 12.4 Å². The van der Waals surface area contributed by atoms with Gasteiger partial charge in [-0.1, -0.05) is 0 Å². The Balaban J connectivity index is 2.02. The summed E-state index contributed by atoms with van der Waals surface area (Å²) in [5, 5.41) is 2.68. The third-order valence-corrected chi connectivity index (χ3v) is 3.71. The molecule has 8 heteroatoms. The van der Waals surface area contributed by atoms with Crippen LogP contribution in [0.4, 0.5) is 4.39 Å². The van der Waals surface area contributed by atoms with Crippen molar-refractivity contribution in [1.82, 2.24) is 19.4 Å². The SMILES string of the molecule is COCCNC(=O)Cn1c(=O)n(-c2ccc(F)cc2)c2ncccc21. The van der Waals surface area contributed by atoms with E-state index in [0.29, 0.717) is 30.0 Å². The number of fused-ring (bicyclic) bond motifs is 1. The maximum atomic E-state index is 13.2. The summed E-state index contributed by atoms with van der Waals surface area (Å²) in [7, 11) is 1.54. The number of nitrogens with zero attached hydrogens (tertiary/aromatic N) is 3. The molecule has 3 rings (SSSR count). The Bertz CT molecular complexity index is 947. The molecule has 130 valence electrons. The largest absolute Gasteiger partial charge is 0.383 e. The minimum Gasteiger partial charge on any atom is -0.383 e. The quantitative estimate of drug-likeness (QED) is 0.679. The number of carbonyl (C=O) groups excluding carboxylic acids is 1. The third kappa shape index (κ3) is 3.43. The second kappa shape index (κ2) is 7.27. The second-order valence-corrected chi connectivity index (χ2v) is 5.37. The Kier molecular flexibility index (Phi) is 4.90. The predicted octanol–water partition coefficient (Wildman–Crippen LogP) is 1.09. The van der Waals surface area contributed by atoms with E-state index in [2.05, 4.69) is 10.3 Å². The molecule has 1 amide bonds. The normalized spacial score (nSPS) is 11.0. The summed E-state index contributed by atoms with van der Waals surface area (Å²) in [6.07, 6.45) is 1.56. The molecular formula is C17H17FN4O3. The molecule has 2 heterocycles. The molecule has 1 aromatic carbocycles. The van der Waals surface area contributed by atoms with Gasteiger partial charge in [0.2, 0.25) is 5.91 Å². The Hall–Kier alpha value is -3.00. The van der Waals surface area contributed by atoms with Gasteiger partial charge in [-0.2, -0.15) is 0 Å². The molecule has 7 nitrogen and oxygen atoms in total. The highest BCUT2D eigenvalue weighted by atomic mass is 19.1. The Morgan fingerprint density at radius 3 is 2.76 bits per heavy atom. The van der Waals surface area contributed by atoms with Gasteiger partial charge < -0.3 is 10.1 Å². The van der Waals surface area contributed by atoms with Crippen LogP contribution >= 0.6 is 0 Å². The van der Waals surface area contributed by atoms with Crippen molar-refractivity contribution in [2.75, 3.05) is 20.3 Å². The molecule has 0 aliphatic heterocycles. The number of imidazole rings is 1. The molecule has 0 aliphatic rings. The van der Waals surface area contributed by atoms with Crippen molar-refractivity contribution < 1.29 is 13.9 Å². The first-order valence-corrected chi connectivity index (χ1v) is 7.69. The van der Waals surface area contributed by atoms with Gasteiger partial charge in [0, 0.05) is 19.9 Å². The number of methoxy groups -OCH3 is 1. The number of hydrogen-bond acceptors (Lipinski definition) is 4. The van der Waals surface area contributed by atoms with Crippen LogP contribution in [0.15, 0.2) is 47.4 Å². The molecular weight excluding hydrogens is 327 g/mol. The lowest BCUT2D eigenvalue weighted by atomic mass is 10.3. The van der Waals surface area contributed by atoms with Crippen LogP contribution in [-0.4, -0.2) is 40.3 Å². The van der Waals surface area contributed by atoms with Crippen LogP contribution in [-0.2, 0) is 16.1 Å². The first-order chi connectivity index (χ1) is 12.1. The third-order valence-electron chi connectivity index (χ3n) is 3.71. The number of carbonyl (C=O) groups is 1. The van der Waals surface area contributed by atoms with Crippen LogP contribution in [0.1, 0.15) is 0 Å². The molecule has 2 aromatic heterocycles. The van der Waals surface area contributed by atoms with Crippen molar-refractivity contribution >= 4 is 17.1 Å². The molecule has 0 aliphatic carbocycles. The number of benzene rings is 1. The molecule has 0 spiro atoms. The number of amides is 1. The topological polar surface area (TPSA) is 78.1 Å². The van der Waals surface area contributed by atoms with Crippen molar-refractivity contribution in [3.63, 3.8) is 0 Å². The lowest BCUT2D eigenvalue weighted by molar-refractivity contribution is -0.121. The Morgan fingerprint density at radius 2 is 2.04 bits per heavy atom. The minimum absolute atomic E-state index is 0.140. The maximum absolute atomic E-state index is 13.2. The van der Waals surface area contributed by atoms with Crippen molar-refractivity contribution in [2.24, 2.45) is 0 Å². The van der Waals surface area contributed by atoms with Crippen LogP contribution in [0.5, 0.6) is 0 Å². The summed E-state index contributed by atoms with van der Waals surface area (Å²) >= 11 is 0. The van der Waals surface area contributed by atoms with E-state index in [1.165, 1.54) is 33.4 Å². The summed E-state index contributed by atoms with van der Waals surface area (Å²) in [6.45, 7) is 0.609. The predicted molar refractivity (Wildman–Crippen MR) is 90.2 cm³/mol. The molecule has 1 N–H and O–H groups in total. The van der Waals surface area contributed by atoms with Gasteiger partial charge in [-0.25, -0.2) is 18.7 Å². The summed E-state index contributed by atoms with van der Waals surface area (Å²) in [5.41, 5.74) is 0.998. The number of aromatic nitrogens is 3. The number of ether oxygens (including phenoxy) is 1. The molecule has 0 bridgehead atoms. The fourth-order valence-corrected chi connectivity index (χ4v) is 2.55. The van der Waals surface area contributed by atoms with Crippen LogP contribution in [0.3, 0.4) is 0 Å². The van der Waals surface area contributed by atoms with Gasteiger partial charge in [0.15, 0.2) is 5.65 Å². The highest BCUT2D eigenvalue weighted by molar-refractivity contribution is 5.80. The van der Waals surface area contributed by atoms with E-state index >= 15 is 0 Å². The lowest BCUT2D eigenvalue weighted by Crippen LogP contribution is -2.34. The molecule has 0 unspecified atom stereocenters. The van der Waals surface area contributed by atoms with E-state index in [4.69, 9.17) is 4.74 Å². The minimum atomic E-state index is -0.415. The molecule has 0 atom stereocenters. The molecule has 3 aromatic rings. The smallest absolute Gasteiger partial charge is 0.335 e. The average molecular weight is 344 g/mol. The summed E-state index contributed by atoms with van der Waals surface area (Å²) in [6, 6.07) is 8.93. The maximum Gasteiger partial charge on any atom is 0.335 e. The van der Waals surface area contributed by atoms with E-state index < -0.39 is 11.5 Å². The van der Waals surface area contributed by atoms with E-state index in [1.807, 2.05) is 0 Å². The van der Waals surface area contributed by atoms with Gasteiger partial charge in [-0.15, -0.1) is 0 Å². The van der Waals surface area contributed by atoms with Crippen molar-refractivity contribution in [2.45, 2.75) is 6.54 Å². The molecule has 0 radical (unpaired) electrons. The van der Waals surface area contributed by atoms with Crippen molar-refractivity contribution in [3.8, 4) is 5.69 Å². The van der Waals surface area contributed by atoms with Gasteiger partial charge in [0.05, 0.1) is 17.8 Å². The van der Waals surface area contributed by atoms with Crippen molar-refractivity contribution in [3.05, 3.63) is 58.9 Å². The van der Waals surface area contributed by atoms with Crippen LogP contribution < -0.4 is 11.0 Å². The summed E-state index contributed by atoms with van der Waals surface area (Å²) < 4.78 is 20.7. The van der Waals surface area contributed by atoms with Crippen LogP contribution in [0, 0.1) is 5.82 Å². The number of rotatable bonds is 6. The van der Waals surface area contributed by atoms with E-state index in [-0.39, 0.29) is 12.5 Å². The lowest BCUT2D eigenvalue weighted by Gasteiger charge is -2.05. The van der Waals surface area contributed by atoms with Crippen LogP contribution in [0.25, 0.3) is 16.9 Å². The zero-order valence-electron chi connectivity index (χ0n) is 13.6. The first-order valence-electron chi connectivity index (χ1n) is 7.69. The number of hydrogen-bond donors (Lipinski definition) is 1. The first kappa shape index (κ1) is 16.8. The zero-order chi connectivity index (χ0) is 17.8. The Morgan fingerprint density at radius 1 is 1.28 bits per heavy atom. The highest BCUT2D eigenvalue weighted by Gasteiger charge is 2.17. The van der Waals surface area contributed by atoms with Gasteiger partial charge >= 0.3 is 5.69 Å². The van der Waals surface area contributed by atoms with E-state index in [1.54, 1.807) is 25.4 Å². The van der Waals surface area contributed by atoms with Crippen molar-refractivity contribution in [1.29, 1.82) is 0 Å². The molecule has 0 fully saturated rings. The van der Waals surface area contributed by atoms with Gasteiger partial charge in [0.25, 0.3) is 0 Å². The fourth-order valence-electron chi connectivity index (χ4n) is 2.55. The van der Waals surface area contributed by atoms with E-state index in [0.717, 1.165) is 0 Å². The molecule has 25 heavy (non-hydrogen) atoms. The number of nitrogens with one attached hydrogen (secondary N) is 1. The van der Waals surface area contributed by atoms with Crippen LogP contribution in [0.2, 0.25) is 0 Å². The second-order valence-electron chi connectivity index (χ2n) is 5.37. The summed E-state index contributed by atoms with van der Waals surface area (Å²) in [4.78, 5) is 29.1. The Labute approximate surface area is 142 Å².